The largest absolute Gasteiger partial charge is 0.395 e. The lowest BCUT2D eigenvalue weighted by Gasteiger charge is -2.20. The first-order valence-electron chi connectivity index (χ1n) is 6.05. The summed E-state index contributed by atoms with van der Waals surface area (Å²) in [6.07, 6.45) is 4.91. The van der Waals surface area contributed by atoms with Gasteiger partial charge in [0.25, 0.3) is 0 Å². The number of aliphatic hydroxyl groups excluding tert-OH is 1. The molecule has 0 aliphatic heterocycles. The predicted molar refractivity (Wildman–Crippen MR) is 87.5 cm³/mol. The van der Waals surface area contributed by atoms with Crippen LogP contribution in [-0.2, 0) is 4.79 Å². The highest BCUT2D eigenvalue weighted by molar-refractivity contribution is 7.99. The van der Waals surface area contributed by atoms with E-state index in [0.717, 1.165) is 0 Å². The van der Waals surface area contributed by atoms with Gasteiger partial charge in [-0.2, -0.15) is 11.8 Å². The summed E-state index contributed by atoms with van der Waals surface area (Å²) < 4.78 is 0. The van der Waals surface area contributed by atoms with Gasteiger partial charge in [0.2, 0.25) is 5.91 Å². The standard InChI is InChI=1S/C14H17Cl2NO2S/c1-9(12(8-18)20-2)17-13(19)7-6-10-4-3-5-11(15)14(10)16/h3-7,9,12,18H,8H2,1-2H3,(H,17,19)/b7-6+. The molecule has 3 nitrogen and oxygen atoms in total. The van der Waals surface area contributed by atoms with Gasteiger partial charge in [-0.25, -0.2) is 0 Å². The fourth-order valence-corrected chi connectivity index (χ4v) is 2.61. The van der Waals surface area contributed by atoms with Crippen LogP contribution >= 0.6 is 35.0 Å². The molecule has 0 aliphatic rings. The third-order valence-corrected chi connectivity index (χ3v) is 4.80. The van der Waals surface area contributed by atoms with E-state index in [1.54, 1.807) is 24.3 Å². The molecule has 1 aromatic carbocycles. The number of nitrogens with one attached hydrogen (secondary N) is 1. The van der Waals surface area contributed by atoms with Gasteiger partial charge < -0.3 is 10.4 Å². The first-order chi connectivity index (χ1) is 9.49. The maximum Gasteiger partial charge on any atom is 0.244 e. The number of halogens is 2. The van der Waals surface area contributed by atoms with Crippen LogP contribution in [0.5, 0.6) is 0 Å². The lowest BCUT2D eigenvalue weighted by Crippen LogP contribution is -2.40. The second-order valence-electron chi connectivity index (χ2n) is 4.23. The molecule has 0 aromatic heterocycles. The molecule has 0 spiro atoms. The second-order valence-corrected chi connectivity index (χ2v) is 6.09. The van der Waals surface area contributed by atoms with Crippen LogP contribution in [0.2, 0.25) is 10.0 Å². The molecule has 2 unspecified atom stereocenters. The second kappa shape index (κ2) is 8.57. The highest BCUT2D eigenvalue weighted by atomic mass is 35.5. The number of carbonyl (C=O) groups excluding carboxylic acids is 1. The SMILES string of the molecule is CSC(CO)C(C)NC(=O)/C=C/c1cccc(Cl)c1Cl. The van der Waals surface area contributed by atoms with Gasteiger partial charge in [0, 0.05) is 17.4 Å². The Hall–Kier alpha value is -0.680. The van der Waals surface area contributed by atoms with Crippen molar-refractivity contribution in [3.8, 4) is 0 Å². The summed E-state index contributed by atoms with van der Waals surface area (Å²) in [6.45, 7) is 1.88. The van der Waals surface area contributed by atoms with Crippen molar-refractivity contribution in [2.45, 2.75) is 18.2 Å². The third-order valence-electron chi connectivity index (χ3n) is 2.81. The first-order valence-corrected chi connectivity index (χ1v) is 8.10. The van der Waals surface area contributed by atoms with E-state index in [1.165, 1.54) is 17.8 Å². The number of thioether (sulfide) groups is 1. The molecule has 2 N–H and O–H groups in total. The number of aliphatic hydroxyl groups is 1. The predicted octanol–water partition coefficient (Wildman–Crippen LogP) is 3.24. The van der Waals surface area contributed by atoms with Gasteiger partial charge in [-0.3, -0.25) is 4.79 Å². The molecule has 6 heteroatoms. The molecule has 0 saturated carbocycles. The summed E-state index contributed by atoms with van der Waals surface area (Å²) in [5.74, 6) is -0.235. The van der Waals surface area contributed by atoms with Crippen molar-refractivity contribution in [3.05, 3.63) is 39.9 Å². The van der Waals surface area contributed by atoms with Crippen molar-refractivity contribution < 1.29 is 9.90 Å². The Kier molecular flexibility index (Phi) is 7.45. The average molecular weight is 334 g/mol. The van der Waals surface area contributed by atoms with Crippen molar-refractivity contribution >= 4 is 46.9 Å². The molecule has 1 rings (SSSR count). The van der Waals surface area contributed by atoms with Crippen LogP contribution in [0, 0.1) is 0 Å². The zero-order chi connectivity index (χ0) is 15.1. The summed E-state index contributed by atoms with van der Waals surface area (Å²) in [7, 11) is 0. The zero-order valence-corrected chi connectivity index (χ0v) is 13.6. The fourth-order valence-electron chi connectivity index (χ4n) is 1.62. The topological polar surface area (TPSA) is 49.3 Å². The van der Waals surface area contributed by atoms with Gasteiger partial charge in [0.1, 0.15) is 0 Å². The molecule has 1 amide bonds. The normalized spacial score (nSPS) is 14.2. The van der Waals surface area contributed by atoms with Crippen LogP contribution in [0.3, 0.4) is 0 Å². The highest BCUT2D eigenvalue weighted by Gasteiger charge is 2.16. The lowest BCUT2D eigenvalue weighted by atomic mass is 10.2. The lowest BCUT2D eigenvalue weighted by molar-refractivity contribution is -0.117. The Morgan fingerprint density at radius 1 is 1.50 bits per heavy atom. The molecule has 20 heavy (non-hydrogen) atoms. The van der Waals surface area contributed by atoms with Crippen molar-refractivity contribution in [3.63, 3.8) is 0 Å². The number of hydrogen-bond donors (Lipinski definition) is 2. The van der Waals surface area contributed by atoms with E-state index in [1.807, 2.05) is 13.2 Å². The zero-order valence-electron chi connectivity index (χ0n) is 11.3. The molecule has 0 saturated heterocycles. The van der Waals surface area contributed by atoms with Crippen LogP contribution < -0.4 is 5.32 Å². The van der Waals surface area contributed by atoms with E-state index in [4.69, 9.17) is 28.3 Å². The number of rotatable bonds is 6. The quantitative estimate of drug-likeness (QED) is 0.786. The van der Waals surface area contributed by atoms with Gasteiger partial charge in [-0.1, -0.05) is 35.3 Å². The number of amides is 1. The van der Waals surface area contributed by atoms with Crippen LogP contribution in [0.1, 0.15) is 12.5 Å². The molecule has 110 valence electrons. The smallest absolute Gasteiger partial charge is 0.244 e. The molecule has 0 bridgehead atoms. The Bertz CT molecular complexity index is 490. The number of carbonyl (C=O) groups is 1. The molecule has 0 heterocycles. The molecule has 0 radical (unpaired) electrons. The van der Waals surface area contributed by atoms with Crippen molar-refractivity contribution in [2.75, 3.05) is 12.9 Å². The van der Waals surface area contributed by atoms with Crippen LogP contribution in [0.4, 0.5) is 0 Å². The fraction of sp³-hybridized carbons (Fsp3) is 0.357. The Balaban J connectivity index is 2.66. The Morgan fingerprint density at radius 2 is 2.20 bits per heavy atom. The molecular formula is C14H17Cl2NO2S. The molecule has 1 aromatic rings. The molecule has 0 fully saturated rings. The van der Waals surface area contributed by atoms with Gasteiger partial charge in [-0.15, -0.1) is 0 Å². The van der Waals surface area contributed by atoms with Crippen molar-refractivity contribution in [1.29, 1.82) is 0 Å². The summed E-state index contributed by atoms with van der Waals surface area (Å²) >= 11 is 13.4. The maximum absolute atomic E-state index is 11.8. The van der Waals surface area contributed by atoms with E-state index in [2.05, 4.69) is 5.32 Å². The highest BCUT2D eigenvalue weighted by Crippen LogP contribution is 2.26. The molecular weight excluding hydrogens is 317 g/mol. The van der Waals surface area contributed by atoms with Gasteiger partial charge in [0.05, 0.1) is 16.7 Å². The third kappa shape index (κ3) is 5.02. The summed E-state index contributed by atoms with van der Waals surface area (Å²) in [4.78, 5) is 11.8. The molecule has 0 aliphatic carbocycles. The maximum atomic E-state index is 11.8. The van der Waals surface area contributed by atoms with Crippen LogP contribution in [0.15, 0.2) is 24.3 Å². The minimum atomic E-state index is -0.235. The van der Waals surface area contributed by atoms with E-state index >= 15 is 0 Å². The summed E-state index contributed by atoms with van der Waals surface area (Å²) in [5, 5.41) is 12.8. The minimum absolute atomic E-state index is 0.0203. The van der Waals surface area contributed by atoms with E-state index < -0.39 is 0 Å². The van der Waals surface area contributed by atoms with Gasteiger partial charge in [0.15, 0.2) is 0 Å². The van der Waals surface area contributed by atoms with E-state index in [9.17, 15) is 4.79 Å². The summed E-state index contributed by atoms with van der Waals surface area (Å²) in [6, 6.07) is 5.11. The van der Waals surface area contributed by atoms with Crippen LogP contribution in [0.25, 0.3) is 6.08 Å². The van der Waals surface area contributed by atoms with Gasteiger partial charge >= 0.3 is 0 Å². The minimum Gasteiger partial charge on any atom is -0.395 e. The van der Waals surface area contributed by atoms with Crippen molar-refractivity contribution in [2.24, 2.45) is 0 Å². The van der Waals surface area contributed by atoms with Crippen LogP contribution in [-0.4, -0.2) is 35.2 Å². The molecule has 2 atom stereocenters. The Labute approximate surface area is 133 Å². The Morgan fingerprint density at radius 3 is 2.80 bits per heavy atom. The summed E-state index contributed by atoms with van der Waals surface area (Å²) in [5.41, 5.74) is 0.686. The average Bonchev–Trinajstić information content (AvgIpc) is 2.42. The van der Waals surface area contributed by atoms with E-state index in [0.29, 0.717) is 15.6 Å². The van der Waals surface area contributed by atoms with Gasteiger partial charge in [-0.05, 0) is 30.9 Å². The van der Waals surface area contributed by atoms with Crippen molar-refractivity contribution in [1.82, 2.24) is 5.32 Å². The van der Waals surface area contributed by atoms with E-state index in [-0.39, 0.29) is 23.8 Å². The number of hydrogen-bond acceptors (Lipinski definition) is 3. The first kappa shape index (κ1) is 17.4. The number of benzene rings is 1. The monoisotopic (exact) mass is 333 g/mol.